The number of nitrogens with zero attached hydrogens (tertiary/aromatic N) is 4. The third-order valence-electron chi connectivity index (χ3n) is 7.34. The molecule has 1 aliphatic heterocycles. The summed E-state index contributed by atoms with van der Waals surface area (Å²) in [5.74, 6) is 0.371. The summed E-state index contributed by atoms with van der Waals surface area (Å²) in [5, 5.41) is 6.13. The number of benzene rings is 3. The van der Waals surface area contributed by atoms with Crippen LogP contribution in [0.5, 0.6) is 5.75 Å². The molecule has 1 fully saturated rings. The minimum Gasteiger partial charge on any atom is -0.497 e. The number of hydrogen-bond donors (Lipinski definition) is 0. The molecule has 2 aromatic heterocycles. The van der Waals surface area contributed by atoms with E-state index in [0.29, 0.717) is 35.3 Å². The fourth-order valence-electron chi connectivity index (χ4n) is 5.01. The average Bonchev–Trinajstić information content (AvgIpc) is 3.45. The Morgan fingerprint density at radius 3 is 2.72 bits per heavy atom. The predicted molar refractivity (Wildman–Crippen MR) is 167 cm³/mol. The van der Waals surface area contributed by atoms with Gasteiger partial charge in [0.25, 0.3) is 5.91 Å². The Kier molecular flexibility index (Phi) is 7.82. The maximum Gasteiger partial charge on any atom is 0.280 e. The molecule has 0 radical (unpaired) electrons. The summed E-state index contributed by atoms with van der Waals surface area (Å²) in [5.41, 5.74) is 1.12. The largest absolute Gasteiger partial charge is 0.497 e. The van der Waals surface area contributed by atoms with Crippen molar-refractivity contribution in [2.24, 2.45) is 11.0 Å². The van der Waals surface area contributed by atoms with Crippen LogP contribution in [0.4, 0.5) is 5.13 Å². The molecule has 1 amide bonds. The first-order valence-electron chi connectivity index (χ1n) is 13.7. The van der Waals surface area contributed by atoms with Crippen molar-refractivity contribution in [3.05, 3.63) is 94.3 Å². The number of hydrogen-bond acceptors (Lipinski definition) is 9. The lowest BCUT2D eigenvalue weighted by atomic mass is 10.0. The molecule has 43 heavy (non-hydrogen) atoms. The van der Waals surface area contributed by atoms with E-state index in [1.807, 2.05) is 13.0 Å². The van der Waals surface area contributed by atoms with Gasteiger partial charge < -0.3 is 9.15 Å². The second kappa shape index (κ2) is 11.7. The highest BCUT2D eigenvalue weighted by Crippen LogP contribution is 2.33. The topological polar surface area (TPSA) is 122 Å². The second-order valence-electron chi connectivity index (χ2n) is 10.3. The van der Waals surface area contributed by atoms with Crippen LogP contribution in [-0.4, -0.2) is 50.0 Å². The lowest BCUT2D eigenvalue weighted by Crippen LogP contribution is -2.39. The molecule has 5 aromatic rings. The number of anilines is 1. The van der Waals surface area contributed by atoms with E-state index in [-0.39, 0.29) is 32.5 Å². The Morgan fingerprint density at radius 1 is 1.16 bits per heavy atom. The quantitative estimate of drug-likeness (QED) is 0.174. The molecule has 0 N–H and O–H groups in total. The smallest absolute Gasteiger partial charge is 0.280 e. The van der Waals surface area contributed by atoms with E-state index in [4.69, 9.17) is 9.15 Å². The number of fused-ring (bicyclic) bond motifs is 2. The third kappa shape index (κ3) is 5.68. The van der Waals surface area contributed by atoms with Gasteiger partial charge in [0.2, 0.25) is 20.6 Å². The fraction of sp³-hybridized carbons (Fsp3) is 0.226. The molecule has 0 aliphatic carbocycles. The molecule has 6 rings (SSSR count). The maximum absolute atomic E-state index is 13.9. The highest BCUT2D eigenvalue weighted by Gasteiger charge is 2.29. The van der Waals surface area contributed by atoms with Crippen molar-refractivity contribution in [1.29, 1.82) is 0 Å². The molecule has 12 heteroatoms. The summed E-state index contributed by atoms with van der Waals surface area (Å²) in [6.07, 6.45) is 4.36. The molecule has 0 saturated carbocycles. The van der Waals surface area contributed by atoms with Gasteiger partial charge >= 0.3 is 0 Å². The molecule has 1 unspecified atom stereocenters. The molecule has 1 saturated heterocycles. The van der Waals surface area contributed by atoms with E-state index in [0.717, 1.165) is 22.6 Å². The Hall–Kier alpha value is -4.39. The zero-order valence-electron chi connectivity index (χ0n) is 23.5. The van der Waals surface area contributed by atoms with Gasteiger partial charge in [-0.25, -0.2) is 13.4 Å². The monoisotopic (exact) mass is 616 g/mol. The van der Waals surface area contributed by atoms with E-state index in [2.05, 4.69) is 10.1 Å². The van der Waals surface area contributed by atoms with Gasteiger partial charge in [-0.3, -0.25) is 9.59 Å². The van der Waals surface area contributed by atoms with Gasteiger partial charge in [0.15, 0.2) is 0 Å². The number of carbonyl (C=O) groups is 1. The number of ether oxygens (including phenoxy) is 1. The van der Waals surface area contributed by atoms with Crippen molar-refractivity contribution in [1.82, 2.24) is 9.29 Å². The highest BCUT2D eigenvalue weighted by atomic mass is 32.2. The van der Waals surface area contributed by atoms with Crippen LogP contribution in [0.3, 0.4) is 0 Å². The van der Waals surface area contributed by atoms with Crippen molar-refractivity contribution in [2.45, 2.75) is 24.7 Å². The van der Waals surface area contributed by atoms with Crippen LogP contribution >= 0.6 is 11.3 Å². The number of rotatable bonds is 7. The van der Waals surface area contributed by atoms with Gasteiger partial charge in [-0.05, 0) is 73.4 Å². The van der Waals surface area contributed by atoms with Crippen molar-refractivity contribution in [3.63, 3.8) is 0 Å². The summed E-state index contributed by atoms with van der Waals surface area (Å²) in [4.78, 5) is 31.6. The van der Waals surface area contributed by atoms with Crippen LogP contribution in [0.1, 0.15) is 35.7 Å². The van der Waals surface area contributed by atoms with Crippen LogP contribution < -0.4 is 15.2 Å². The number of thiazole rings is 1. The first-order chi connectivity index (χ1) is 20.7. The number of amides is 1. The summed E-state index contributed by atoms with van der Waals surface area (Å²) in [7, 11) is -2.13. The molecule has 10 nitrogen and oxygen atoms in total. The van der Waals surface area contributed by atoms with Gasteiger partial charge in [0, 0.05) is 18.7 Å². The SMILES string of the molecule is COc1ccc2nc(N(/N=C/c3coc4ccccc4c3=O)C(=O)c3ccc(S(=O)(=O)N4CCCC(C)C4)cc3)sc2c1. The first-order valence-corrected chi connectivity index (χ1v) is 15.9. The Labute approximate surface area is 251 Å². The van der Waals surface area contributed by atoms with Gasteiger partial charge in [-0.2, -0.15) is 14.4 Å². The molecule has 1 aliphatic rings. The number of aromatic nitrogens is 1. The van der Waals surface area contributed by atoms with Crippen LogP contribution in [0, 0.1) is 5.92 Å². The number of piperidine rings is 1. The number of hydrazone groups is 1. The lowest BCUT2D eigenvalue weighted by molar-refractivity contribution is 0.0987. The first kappa shape index (κ1) is 28.7. The molecule has 220 valence electrons. The van der Waals surface area contributed by atoms with Crippen molar-refractivity contribution < 1.29 is 22.4 Å². The van der Waals surface area contributed by atoms with Crippen LogP contribution in [0.2, 0.25) is 0 Å². The number of methoxy groups -OCH3 is 1. The van der Waals surface area contributed by atoms with E-state index in [1.54, 1.807) is 43.5 Å². The normalized spacial score (nSPS) is 16.2. The van der Waals surface area contributed by atoms with Crippen LogP contribution in [0.15, 0.2) is 92.2 Å². The Bertz CT molecular complexity index is 2020. The molecule has 1 atom stereocenters. The summed E-state index contributed by atoms with van der Waals surface area (Å²) in [6, 6.07) is 18.0. The molecular formula is C31H28N4O6S2. The highest BCUT2D eigenvalue weighted by molar-refractivity contribution is 7.89. The minimum absolute atomic E-state index is 0.119. The molecule has 3 heterocycles. The van der Waals surface area contributed by atoms with E-state index >= 15 is 0 Å². The van der Waals surface area contributed by atoms with E-state index in [1.165, 1.54) is 52.4 Å². The van der Waals surface area contributed by atoms with Gasteiger partial charge in [0.1, 0.15) is 17.6 Å². The van der Waals surface area contributed by atoms with Crippen molar-refractivity contribution in [2.75, 3.05) is 25.2 Å². The Balaban J connectivity index is 1.36. The zero-order valence-corrected chi connectivity index (χ0v) is 25.1. The minimum atomic E-state index is -3.69. The van der Waals surface area contributed by atoms with Crippen LogP contribution in [0.25, 0.3) is 21.2 Å². The second-order valence-corrected chi connectivity index (χ2v) is 13.3. The average molecular weight is 617 g/mol. The molecular weight excluding hydrogens is 588 g/mol. The van der Waals surface area contributed by atoms with Gasteiger partial charge in [-0.15, -0.1) is 0 Å². The zero-order chi connectivity index (χ0) is 30.1. The number of para-hydroxylation sites is 1. The number of sulfonamides is 1. The van der Waals surface area contributed by atoms with Crippen molar-refractivity contribution in [3.8, 4) is 5.75 Å². The maximum atomic E-state index is 13.9. The van der Waals surface area contributed by atoms with E-state index in [9.17, 15) is 18.0 Å². The molecule has 3 aromatic carbocycles. The standard InChI is InChI=1S/C31H28N4O6S2/c1-20-6-5-15-34(18-20)43(38,39)24-12-9-21(10-13-24)30(37)35(31-33-26-14-11-23(40-2)16-28(26)42-31)32-17-22-19-41-27-8-4-3-7-25(27)29(22)36/h3-4,7-14,16-17,19-20H,5-6,15,18H2,1-2H3/b32-17+. The van der Waals surface area contributed by atoms with Crippen LogP contribution in [-0.2, 0) is 10.0 Å². The Morgan fingerprint density at radius 2 is 1.95 bits per heavy atom. The molecule has 0 bridgehead atoms. The lowest BCUT2D eigenvalue weighted by Gasteiger charge is -2.30. The summed E-state index contributed by atoms with van der Waals surface area (Å²) < 4.78 is 39.7. The fourth-order valence-corrected chi connectivity index (χ4v) is 7.56. The predicted octanol–water partition coefficient (Wildman–Crippen LogP) is 5.51. The third-order valence-corrected chi connectivity index (χ3v) is 10.2. The van der Waals surface area contributed by atoms with Gasteiger partial charge in [-0.1, -0.05) is 30.4 Å². The summed E-state index contributed by atoms with van der Waals surface area (Å²) in [6.45, 7) is 2.98. The molecule has 0 spiro atoms. The van der Waals surface area contributed by atoms with Gasteiger partial charge in [0.05, 0.1) is 39.4 Å². The number of carbonyl (C=O) groups excluding carboxylic acids is 1. The van der Waals surface area contributed by atoms with E-state index < -0.39 is 15.9 Å². The summed E-state index contributed by atoms with van der Waals surface area (Å²) >= 11 is 1.22. The van der Waals surface area contributed by atoms with Crippen molar-refractivity contribution >= 4 is 59.8 Å².